The average molecular weight is 319 g/mol. The Morgan fingerprint density at radius 1 is 1.30 bits per heavy atom. The van der Waals surface area contributed by atoms with Gasteiger partial charge < -0.3 is 4.98 Å². The number of fused-ring (bicyclic) bond motifs is 2. The van der Waals surface area contributed by atoms with Crippen molar-refractivity contribution in [2.45, 2.75) is 32.6 Å². The number of aliphatic imine (C=N–C) groups is 1. The number of thiophene rings is 1. The highest BCUT2D eigenvalue weighted by Crippen LogP contribution is 2.39. The minimum Gasteiger partial charge on any atom is -0.360 e. The Balaban J connectivity index is 1.75. The molecule has 3 nitrogen and oxygen atoms in total. The van der Waals surface area contributed by atoms with Gasteiger partial charge in [0.15, 0.2) is 0 Å². The molecule has 1 aliphatic rings. The monoisotopic (exact) mass is 319 g/mol. The number of nitrogens with one attached hydrogen (secondary N) is 1. The third-order valence-corrected chi connectivity index (χ3v) is 5.74. The van der Waals surface area contributed by atoms with Crippen LogP contribution in [0.1, 0.15) is 40.0 Å². The zero-order valence-corrected chi connectivity index (χ0v) is 13.8. The van der Waals surface area contributed by atoms with E-state index in [0.717, 1.165) is 34.5 Å². The molecule has 114 valence electrons. The Labute approximate surface area is 139 Å². The van der Waals surface area contributed by atoms with Gasteiger partial charge in [-0.3, -0.25) is 0 Å². The van der Waals surface area contributed by atoms with Crippen molar-refractivity contribution in [2.75, 3.05) is 0 Å². The van der Waals surface area contributed by atoms with E-state index in [9.17, 15) is 5.26 Å². The molecule has 0 bridgehead atoms. The lowest BCUT2D eigenvalue weighted by atomic mass is 9.96. The second-order valence-corrected chi connectivity index (χ2v) is 7.09. The van der Waals surface area contributed by atoms with E-state index in [1.54, 1.807) is 11.3 Å². The molecule has 2 aromatic heterocycles. The minimum absolute atomic E-state index is 0.789. The molecule has 23 heavy (non-hydrogen) atoms. The molecule has 0 fully saturated rings. The van der Waals surface area contributed by atoms with Crippen LogP contribution in [0.5, 0.6) is 0 Å². The van der Waals surface area contributed by atoms with Gasteiger partial charge in [-0.25, -0.2) is 4.99 Å². The van der Waals surface area contributed by atoms with E-state index in [1.807, 2.05) is 12.4 Å². The topological polar surface area (TPSA) is 51.9 Å². The maximum absolute atomic E-state index is 9.51. The summed E-state index contributed by atoms with van der Waals surface area (Å²) in [4.78, 5) is 9.33. The number of aryl methyl sites for hydroxylation is 2. The summed E-state index contributed by atoms with van der Waals surface area (Å²) in [6.07, 6.45) is 8.40. The fourth-order valence-corrected chi connectivity index (χ4v) is 4.50. The Bertz CT molecular complexity index is 953. The zero-order valence-electron chi connectivity index (χ0n) is 13.0. The van der Waals surface area contributed by atoms with Crippen molar-refractivity contribution in [1.82, 2.24) is 4.98 Å². The van der Waals surface area contributed by atoms with Crippen LogP contribution in [0.25, 0.3) is 10.9 Å². The Morgan fingerprint density at radius 3 is 3.04 bits per heavy atom. The number of H-pyrrole nitrogens is 1. The molecule has 1 aromatic carbocycles. The molecule has 0 amide bonds. The van der Waals surface area contributed by atoms with Crippen LogP contribution in [0.4, 0.5) is 5.00 Å². The van der Waals surface area contributed by atoms with E-state index >= 15 is 0 Å². The van der Waals surface area contributed by atoms with Gasteiger partial charge in [0.05, 0.1) is 5.56 Å². The molecule has 0 saturated heterocycles. The summed E-state index contributed by atoms with van der Waals surface area (Å²) < 4.78 is 0. The van der Waals surface area contributed by atoms with Crippen molar-refractivity contribution in [1.29, 1.82) is 5.26 Å². The molecule has 4 heteroatoms. The van der Waals surface area contributed by atoms with Crippen molar-refractivity contribution in [2.24, 2.45) is 4.99 Å². The largest absolute Gasteiger partial charge is 0.360 e. The van der Waals surface area contributed by atoms with Crippen molar-refractivity contribution >= 4 is 33.5 Å². The number of aromatic nitrogens is 1. The molecular weight excluding hydrogens is 302 g/mol. The Hall–Kier alpha value is -2.38. The summed E-state index contributed by atoms with van der Waals surface area (Å²) in [5, 5.41) is 11.5. The van der Waals surface area contributed by atoms with Crippen molar-refractivity contribution in [3.05, 3.63) is 51.5 Å². The van der Waals surface area contributed by atoms with Crippen LogP contribution in [0.3, 0.4) is 0 Å². The highest BCUT2D eigenvalue weighted by Gasteiger charge is 2.20. The van der Waals surface area contributed by atoms with Crippen LogP contribution in [0.2, 0.25) is 0 Å². The fourth-order valence-electron chi connectivity index (χ4n) is 3.32. The minimum atomic E-state index is 0.789. The Kier molecular flexibility index (Phi) is 3.51. The molecule has 3 aromatic rings. The third-order valence-electron chi connectivity index (χ3n) is 4.54. The lowest BCUT2D eigenvalue weighted by molar-refractivity contribution is 0.696. The standard InChI is InChI=1S/C19H17N3S/c1-12-5-4-7-14-13(10-21-18(12)14)11-22-19-16(9-20)15-6-2-3-8-17(15)23-19/h4-5,7,10-11,21H,2-3,6,8H2,1H3/b22-11+. The highest BCUT2D eigenvalue weighted by molar-refractivity contribution is 7.16. The summed E-state index contributed by atoms with van der Waals surface area (Å²) in [5.74, 6) is 0. The first-order chi connectivity index (χ1) is 11.3. The SMILES string of the molecule is Cc1cccc2c(/C=N/c3sc4c(c3C#N)CCCC4)c[nH]c12. The summed E-state index contributed by atoms with van der Waals surface area (Å²) in [5.41, 5.74) is 5.48. The van der Waals surface area contributed by atoms with Crippen molar-refractivity contribution in [3.63, 3.8) is 0 Å². The third kappa shape index (κ3) is 2.38. The zero-order chi connectivity index (χ0) is 15.8. The first-order valence-electron chi connectivity index (χ1n) is 7.93. The highest BCUT2D eigenvalue weighted by atomic mass is 32.1. The summed E-state index contributed by atoms with van der Waals surface area (Å²) >= 11 is 1.69. The normalized spacial score (nSPS) is 14.3. The van der Waals surface area contributed by atoms with Gasteiger partial charge in [-0.15, -0.1) is 11.3 Å². The molecule has 0 spiro atoms. The number of nitrogens with zero attached hydrogens (tertiary/aromatic N) is 2. The molecule has 1 aliphatic carbocycles. The summed E-state index contributed by atoms with van der Waals surface area (Å²) in [6, 6.07) is 8.63. The van der Waals surface area contributed by atoms with Crippen LogP contribution < -0.4 is 0 Å². The smallest absolute Gasteiger partial charge is 0.134 e. The number of nitriles is 1. The molecule has 2 heterocycles. The second-order valence-electron chi connectivity index (χ2n) is 6.00. The molecule has 0 radical (unpaired) electrons. The van der Waals surface area contributed by atoms with Gasteiger partial charge >= 0.3 is 0 Å². The quantitative estimate of drug-likeness (QED) is 0.661. The van der Waals surface area contributed by atoms with Gasteiger partial charge in [0.25, 0.3) is 0 Å². The van der Waals surface area contributed by atoms with E-state index in [0.29, 0.717) is 0 Å². The number of hydrogen-bond donors (Lipinski definition) is 1. The summed E-state index contributed by atoms with van der Waals surface area (Å²) in [7, 11) is 0. The lowest BCUT2D eigenvalue weighted by Gasteiger charge is -2.09. The van der Waals surface area contributed by atoms with Crippen LogP contribution in [0.15, 0.2) is 29.4 Å². The maximum Gasteiger partial charge on any atom is 0.134 e. The van der Waals surface area contributed by atoms with Gasteiger partial charge in [-0.2, -0.15) is 5.26 Å². The Morgan fingerprint density at radius 2 is 2.17 bits per heavy atom. The molecule has 1 N–H and O–H groups in total. The van der Waals surface area contributed by atoms with Crippen LogP contribution >= 0.6 is 11.3 Å². The lowest BCUT2D eigenvalue weighted by Crippen LogP contribution is -1.99. The van der Waals surface area contributed by atoms with Crippen LogP contribution in [-0.4, -0.2) is 11.2 Å². The van der Waals surface area contributed by atoms with Crippen molar-refractivity contribution in [3.8, 4) is 6.07 Å². The molecule has 0 atom stereocenters. The average Bonchev–Trinajstić information content (AvgIpc) is 3.14. The second kappa shape index (κ2) is 5.68. The van der Waals surface area contributed by atoms with Gasteiger partial charge in [-0.05, 0) is 43.7 Å². The molecule has 0 unspecified atom stereocenters. The van der Waals surface area contributed by atoms with E-state index in [-0.39, 0.29) is 0 Å². The predicted octanol–water partition coefficient (Wildman–Crippen LogP) is 5.04. The first kappa shape index (κ1) is 14.2. The van der Waals surface area contributed by atoms with Crippen molar-refractivity contribution < 1.29 is 0 Å². The van der Waals surface area contributed by atoms with Gasteiger partial charge in [0, 0.05) is 33.8 Å². The maximum atomic E-state index is 9.51. The number of aromatic amines is 1. The number of para-hydroxylation sites is 1. The van der Waals surface area contributed by atoms with E-state index < -0.39 is 0 Å². The fraction of sp³-hybridized carbons (Fsp3) is 0.263. The van der Waals surface area contributed by atoms with Gasteiger partial charge in [0.1, 0.15) is 11.1 Å². The first-order valence-corrected chi connectivity index (χ1v) is 8.75. The van der Waals surface area contributed by atoms with E-state index in [4.69, 9.17) is 0 Å². The molecule has 4 rings (SSSR count). The van der Waals surface area contributed by atoms with Crippen LogP contribution in [0, 0.1) is 18.3 Å². The molecule has 0 saturated carbocycles. The molecular formula is C19H17N3S. The number of hydrogen-bond acceptors (Lipinski definition) is 3. The van der Waals surface area contributed by atoms with E-state index in [2.05, 4.69) is 41.2 Å². The summed E-state index contributed by atoms with van der Waals surface area (Å²) in [6.45, 7) is 2.10. The van der Waals surface area contributed by atoms with Gasteiger partial charge in [0.2, 0.25) is 0 Å². The predicted molar refractivity (Wildman–Crippen MR) is 96.0 cm³/mol. The van der Waals surface area contributed by atoms with Gasteiger partial charge in [-0.1, -0.05) is 18.2 Å². The number of benzene rings is 1. The van der Waals surface area contributed by atoms with Crippen LogP contribution in [-0.2, 0) is 12.8 Å². The van der Waals surface area contributed by atoms with E-state index in [1.165, 1.54) is 34.2 Å². The number of rotatable bonds is 2. The molecule has 0 aliphatic heterocycles.